The molecule has 1 amide bonds. The predicted octanol–water partition coefficient (Wildman–Crippen LogP) is 2.70. The van der Waals surface area contributed by atoms with Crippen molar-refractivity contribution in [2.45, 2.75) is 37.6 Å². The number of aryl methyl sites for hydroxylation is 1. The summed E-state index contributed by atoms with van der Waals surface area (Å²) in [7, 11) is -3.84. The van der Waals surface area contributed by atoms with Crippen LogP contribution in [0.1, 0.15) is 37.4 Å². The summed E-state index contributed by atoms with van der Waals surface area (Å²) in [6, 6.07) is 12.3. The van der Waals surface area contributed by atoms with E-state index < -0.39 is 14.9 Å². The minimum absolute atomic E-state index is 0.0242. The van der Waals surface area contributed by atoms with Gasteiger partial charge in [0.25, 0.3) is 5.69 Å². The molecule has 9 heteroatoms. The van der Waals surface area contributed by atoms with E-state index in [-0.39, 0.29) is 35.5 Å². The lowest BCUT2D eigenvalue weighted by Gasteiger charge is -2.15. The number of carbonyl (C=O) groups excluding carboxylic acids is 1. The zero-order valence-electron chi connectivity index (χ0n) is 15.7. The van der Waals surface area contributed by atoms with Crippen molar-refractivity contribution in [2.75, 3.05) is 6.54 Å². The molecular weight excluding hydrogens is 382 g/mol. The standard InChI is InChI=1S/C19H23N3O5S/c1-3-15-4-6-16(7-5-15)14(2)21-19(23)12-13-20-28(26,27)18-10-8-17(9-11-18)22(24)25/h4-11,14,20H,3,12-13H2,1-2H3,(H,21,23)/t14-/m0/s1. The van der Waals surface area contributed by atoms with Crippen molar-refractivity contribution >= 4 is 21.6 Å². The van der Waals surface area contributed by atoms with Crippen LogP contribution in [0.15, 0.2) is 53.4 Å². The monoisotopic (exact) mass is 405 g/mol. The van der Waals surface area contributed by atoms with Crippen LogP contribution in [-0.2, 0) is 21.2 Å². The highest BCUT2D eigenvalue weighted by atomic mass is 32.2. The fourth-order valence-electron chi connectivity index (χ4n) is 2.57. The van der Waals surface area contributed by atoms with Gasteiger partial charge in [0.1, 0.15) is 0 Å². The number of hydrogen-bond acceptors (Lipinski definition) is 5. The largest absolute Gasteiger partial charge is 0.350 e. The highest BCUT2D eigenvalue weighted by molar-refractivity contribution is 7.89. The fraction of sp³-hybridized carbons (Fsp3) is 0.316. The lowest BCUT2D eigenvalue weighted by molar-refractivity contribution is -0.384. The number of nitrogens with one attached hydrogen (secondary N) is 2. The molecule has 0 heterocycles. The molecular formula is C19H23N3O5S. The van der Waals surface area contributed by atoms with E-state index in [1.807, 2.05) is 31.2 Å². The van der Waals surface area contributed by atoms with Crippen LogP contribution in [0.3, 0.4) is 0 Å². The summed E-state index contributed by atoms with van der Waals surface area (Å²) < 4.78 is 26.7. The third kappa shape index (κ3) is 5.86. The lowest BCUT2D eigenvalue weighted by Crippen LogP contribution is -2.32. The topological polar surface area (TPSA) is 118 Å². The average molecular weight is 405 g/mol. The van der Waals surface area contributed by atoms with Gasteiger partial charge in [-0.25, -0.2) is 13.1 Å². The molecule has 1 atom stereocenters. The van der Waals surface area contributed by atoms with Gasteiger partial charge in [0, 0.05) is 25.1 Å². The number of hydrogen-bond donors (Lipinski definition) is 2. The van der Waals surface area contributed by atoms with E-state index in [9.17, 15) is 23.3 Å². The number of carbonyl (C=O) groups is 1. The SMILES string of the molecule is CCc1ccc([C@H](C)NC(=O)CCNS(=O)(=O)c2ccc([N+](=O)[O-])cc2)cc1. The molecule has 2 rings (SSSR count). The molecule has 0 aliphatic rings. The molecule has 2 aromatic carbocycles. The summed E-state index contributed by atoms with van der Waals surface area (Å²) in [6.45, 7) is 3.85. The molecule has 28 heavy (non-hydrogen) atoms. The van der Waals surface area contributed by atoms with Gasteiger partial charge < -0.3 is 5.32 Å². The summed E-state index contributed by atoms with van der Waals surface area (Å²) in [6.07, 6.45) is 0.916. The van der Waals surface area contributed by atoms with Gasteiger partial charge in [0.05, 0.1) is 15.9 Å². The van der Waals surface area contributed by atoms with Crippen molar-refractivity contribution in [1.29, 1.82) is 0 Å². The number of rotatable bonds is 9. The third-order valence-electron chi connectivity index (χ3n) is 4.27. The maximum atomic E-state index is 12.2. The van der Waals surface area contributed by atoms with Crippen molar-refractivity contribution in [2.24, 2.45) is 0 Å². The highest BCUT2D eigenvalue weighted by Crippen LogP contribution is 2.16. The Labute approximate surface area is 164 Å². The summed E-state index contributed by atoms with van der Waals surface area (Å²) in [5.41, 5.74) is 1.99. The normalized spacial score (nSPS) is 12.4. The molecule has 0 aliphatic heterocycles. The first-order chi connectivity index (χ1) is 13.2. The molecule has 0 saturated heterocycles. The van der Waals surface area contributed by atoms with Gasteiger partial charge in [-0.05, 0) is 36.6 Å². The first-order valence-corrected chi connectivity index (χ1v) is 10.3. The number of amides is 1. The molecule has 2 N–H and O–H groups in total. The van der Waals surface area contributed by atoms with Crippen LogP contribution in [0.2, 0.25) is 0 Å². The second-order valence-corrected chi connectivity index (χ2v) is 8.05. The van der Waals surface area contributed by atoms with Crippen molar-refractivity contribution in [3.63, 3.8) is 0 Å². The van der Waals surface area contributed by atoms with E-state index in [4.69, 9.17) is 0 Å². The molecule has 2 aromatic rings. The molecule has 0 aromatic heterocycles. The Bertz CT molecular complexity index is 925. The van der Waals surface area contributed by atoms with Crippen LogP contribution in [0, 0.1) is 10.1 Å². The van der Waals surface area contributed by atoms with Crippen molar-refractivity contribution in [3.05, 3.63) is 69.8 Å². The number of benzene rings is 2. The van der Waals surface area contributed by atoms with Gasteiger partial charge in [-0.1, -0.05) is 31.2 Å². The Morgan fingerprint density at radius 1 is 1.11 bits per heavy atom. The Hall–Kier alpha value is -2.78. The minimum atomic E-state index is -3.84. The minimum Gasteiger partial charge on any atom is -0.350 e. The fourth-order valence-corrected chi connectivity index (χ4v) is 3.60. The van der Waals surface area contributed by atoms with Crippen LogP contribution in [0.25, 0.3) is 0 Å². The van der Waals surface area contributed by atoms with Crippen LogP contribution in [0.4, 0.5) is 5.69 Å². The first kappa shape index (κ1) is 21.5. The molecule has 150 valence electrons. The van der Waals surface area contributed by atoms with E-state index in [0.29, 0.717) is 0 Å². The first-order valence-electron chi connectivity index (χ1n) is 8.85. The second-order valence-electron chi connectivity index (χ2n) is 6.28. The van der Waals surface area contributed by atoms with Crippen molar-refractivity contribution in [3.8, 4) is 0 Å². The molecule has 0 bridgehead atoms. The molecule has 0 unspecified atom stereocenters. The van der Waals surface area contributed by atoms with Crippen LogP contribution in [0.5, 0.6) is 0 Å². The number of nitrogens with zero attached hydrogens (tertiary/aromatic N) is 1. The van der Waals surface area contributed by atoms with Crippen molar-refractivity contribution in [1.82, 2.24) is 10.0 Å². The Morgan fingerprint density at radius 2 is 1.71 bits per heavy atom. The zero-order chi connectivity index (χ0) is 20.7. The summed E-state index contributed by atoms with van der Waals surface area (Å²) in [5, 5.41) is 13.5. The van der Waals surface area contributed by atoms with Gasteiger partial charge in [-0.2, -0.15) is 0 Å². The number of non-ortho nitro benzene ring substituents is 1. The molecule has 0 fully saturated rings. The predicted molar refractivity (Wildman–Crippen MR) is 105 cm³/mol. The Balaban J connectivity index is 1.85. The molecule has 0 radical (unpaired) electrons. The van der Waals surface area contributed by atoms with E-state index in [1.54, 1.807) is 0 Å². The van der Waals surface area contributed by atoms with Crippen LogP contribution >= 0.6 is 0 Å². The van der Waals surface area contributed by atoms with Gasteiger partial charge in [-0.3, -0.25) is 14.9 Å². The lowest BCUT2D eigenvalue weighted by atomic mass is 10.0. The molecule has 8 nitrogen and oxygen atoms in total. The quantitative estimate of drug-likeness (QED) is 0.491. The van der Waals surface area contributed by atoms with E-state index >= 15 is 0 Å². The number of nitro benzene ring substituents is 1. The van der Waals surface area contributed by atoms with E-state index in [1.165, 1.54) is 5.56 Å². The Morgan fingerprint density at radius 3 is 2.25 bits per heavy atom. The number of nitro groups is 1. The maximum absolute atomic E-state index is 12.2. The summed E-state index contributed by atoms with van der Waals surface area (Å²) in [4.78, 5) is 22.0. The molecule has 0 saturated carbocycles. The smallest absolute Gasteiger partial charge is 0.269 e. The van der Waals surface area contributed by atoms with Gasteiger partial charge >= 0.3 is 0 Å². The molecule has 0 aliphatic carbocycles. The van der Waals surface area contributed by atoms with Crippen molar-refractivity contribution < 1.29 is 18.1 Å². The van der Waals surface area contributed by atoms with E-state index in [2.05, 4.69) is 17.0 Å². The molecule has 0 spiro atoms. The van der Waals surface area contributed by atoms with Gasteiger partial charge in [0.2, 0.25) is 15.9 Å². The van der Waals surface area contributed by atoms with Crippen LogP contribution in [-0.4, -0.2) is 25.8 Å². The van der Waals surface area contributed by atoms with Gasteiger partial charge in [0.15, 0.2) is 0 Å². The Kier molecular flexibility index (Phi) is 7.24. The summed E-state index contributed by atoms with van der Waals surface area (Å²) >= 11 is 0. The third-order valence-corrected chi connectivity index (χ3v) is 5.74. The number of sulfonamides is 1. The second kappa shape index (κ2) is 9.43. The van der Waals surface area contributed by atoms with Crippen LogP contribution < -0.4 is 10.0 Å². The average Bonchev–Trinajstić information content (AvgIpc) is 2.67. The summed E-state index contributed by atoms with van der Waals surface area (Å²) in [5.74, 6) is -0.279. The highest BCUT2D eigenvalue weighted by Gasteiger charge is 2.16. The maximum Gasteiger partial charge on any atom is 0.269 e. The zero-order valence-corrected chi connectivity index (χ0v) is 16.5. The van der Waals surface area contributed by atoms with E-state index in [0.717, 1.165) is 36.2 Å². The van der Waals surface area contributed by atoms with Gasteiger partial charge in [-0.15, -0.1) is 0 Å².